The molecule has 0 radical (unpaired) electrons. The topological polar surface area (TPSA) is 46.3 Å². The molecule has 0 bridgehead atoms. The van der Waals surface area contributed by atoms with Crippen LogP contribution in [0.4, 0.5) is 0 Å². The second-order valence-corrected chi connectivity index (χ2v) is 5.28. The Hall–Kier alpha value is -1.19. The first kappa shape index (κ1) is 13.2. The summed E-state index contributed by atoms with van der Waals surface area (Å²) in [4.78, 5) is 14.5. The summed E-state index contributed by atoms with van der Waals surface area (Å²) >= 11 is 0. The number of carbonyl (C=O) groups is 1. The van der Waals surface area contributed by atoms with E-state index in [0.29, 0.717) is 12.6 Å². The van der Waals surface area contributed by atoms with Crippen molar-refractivity contribution in [3.63, 3.8) is 0 Å². The van der Waals surface area contributed by atoms with Crippen LogP contribution in [0, 0.1) is 13.8 Å². The predicted molar refractivity (Wildman–Crippen MR) is 73.9 cm³/mol. The first-order valence-corrected chi connectivity index (χ1v) is 6.65. The van der Waals surface area contributed by atoms with Gasteiger partial charge in [-0.05, 0) is 37.8 Å². The Labute approximate surface area is 109 Å². The molecule has 0 spiro atoms. The van der Waals surface area contributed by atoms with Gasteiger partial charge in [-0.2, -0.15) is 0 Å². The summed E-state index contributed by atoms with van der Waals surface area (Å²) in [5.74, 6) is 0.228. The third-order valence-corrected chi connectivity index (χ3v) is 3.90. The quantitative estimate of drug-likeness (QED) is 0.829. The van der Waals surface area contributed by atoms with E-state index in [4.69, 9.17) is 5.73 Å². The van der Waals surface area contributed by atoms with Crippen LogP contribution in [0.1, 0.15) is 34.3 Å². The molecule has 2 N–H and O–H groups in total. The maximum absolute atomic E-state index is 12.3. The standard InChI is InChI=1S/C15H22N2O/c1-11-4-3-5-14(12(11)2)15(18)10-17-8-6-13(16)7-9-17/h3-5,13H,6-10,16H2,1-2H3. The van der Waals surface area contributed by atoms with Crippen molar-refractivity contribution in [1.29, 1.82) is 0 Å². The van der Waals surface area contributed by atoms with Crippen LogP contribution < -0.4 is 5.73 Å². The highest BCUT2D eigenvalue weighted by Crippen LogP contribution is 2.15. The lowest BCUT2D eigenvalue weighted by Gasteiger charge is -2.29. The van der Waals surface area contributed by atoms with Crippen LogP contribution in [0.15, 0.2) is 18.2 Å². The Morgan fingerprint density at radius 3 is 2.67 bits per heavy atom. The van der Waals surface area contributed by atoms with Gasteiger partial charge in [0.1, 0.15) is 0 Å². The van der Waals surface area contributed by atoms with Crippen molar-refractivity contribution in [3.05, 3.63) is 34.9 Å². The number of Topliss-reactive ketones (excluding diaryl/α,β-unsaturated/α-hetero) is 1. The minimum atomic E-state index is 0.228. The van der Waals surface area contributed by atoms with Gasteiger partial charge in [-0.3, -0.25) is 9.69 Å². The van der Waals surface area contributed by atoms with Gasteiger partial charge in [0.05, 0.1) is 6.54 Å². The minimum absolute atomic E-state index is 0.228. The number of ketones is 1. The van der Waals surface area contributed by atoms with Crippen LogP contribution in [0.5, 0.6) is 0 Å². The number of carbonyl (C=O) groups excluding carboxylic acids is 1. The zero-order valence-electron chi connectivity index (χ0n) is 11.3. The summed E-state index contributed by atoms with van der Waals surface area (Å²) in [6, 6.07) is 6.26. The highest BCUT2D eigenvalue weighted by Gasteiger charge is 2.19. The van der Waals surface area contributed by atoms with Crippen molar-refractivity contribution in [2.24, 2.45) is 5.73 Å². The third-order valence-electron chi connectivity index (χ3n) is 3.90. The van der Waals surface area contributed by atoms with E-state index in [1.54, 1.807) is 0 Å². The lowest BCUT2D eigenvalue weighted by atomic mass is 9.99. The highest BCUT2D eigenvalue weighted by atomic mass is 16.1. The lowest BCUT2D eigenvalue weighted by Crippen LogP contribution is -2.42. The molecule has 0 unspecified atom stereocenters. The van der Waals surface area contributed by atoms with Gasteiger partial charge in [-0.1, -0.05) is 18.2 Å². The molecular formula is C15H22N2O. The Morgan fingerprint density at radius 1 is 1.33 bits per heavy atom. The first-order valence-electron chi connectivity index (χ1n) is 6.65. The van der Waals surface area contributed by atoms with Crippen LogP contribution in [-0.4, -0.2) is 36.4 Å². The summed E-state index contributed by atoms with van der Waals surface area (Å²) in [6.45, 7) is 6.48. The summed E-state index contributed by atoms with van der Waals surface area (Å²) in [5.41, 5.74) is 9.03. The van der Waals surface area contributed by atoms with Gasteiger partial charge in [0.15, 0.2) is 5.78 Å². The first-order chi connectivity index (χ1) is 8.58. The van der Waals surface area contributed by atoms with E-state index in [-0.39, 0.29) is 5.78 Å². The summed E-state index contributed by atoms with van der Waals surface area (Å²) in [5, 5.41) is 0. The maximum atomic E-state index is 12.3. The molecule has 1 heterocycles. The number of likely N-dealkylation sites (tertiary alicyclic amines) is 1. The van der Waals surface area contributed by atoms with E-state index in [1.165, 1.54) is 5.56 Å². The number of nitrogens with two attached hydrogens (primary N) is 1. The van der Waals surface area contributed by atoms with Gasteiger partial charge in [0.25, 0.3) is 0 Å². The summed E-state index contributed by atoms with van der Waals surface area (Å²) in [6.07, 6.45) is 2.00. The SMILES string of the molecule is Cc1cccc(C(=O)CN2CCC(N)CC2)c1C. The Balaban J connectivity index is 2.01. The Morgan fingerprint density at radius 2 is 2.00 bits per heavy atom. The van der Waals surface area contributed by atoms with Crippen LogP contribution in [0.2, 0.25) is 0 Å². The molecule has 98 valence electrons. The average Bonchev–Trinajstić information content (AvgIpc) is 2.35. The third kappa shape index (κ3) is 2.98. The molecule has 3 nitrogen and oxygen atoms in total. The van der Waals surface area contributed by atoms with Crippen LogP contribution >= 0.6 is 0 Å². The van der Waals surface area contributed by atoms with Crippen LogP contribution in [0.3, 0.4) is 0 Å². The molecule has 2 rings (SSSR count). The maximum Gasteiger partial charge on any atom is 0.177 e. The molecule has 0 aliphatic carbocycles. The number of rotatable bonds is 3. The number of aryl methyl sites for hydroxylation is 1. The molecule has 18 heavy (non-hydrogen) atoms. The number of hydrogen-bond acceptors (Lipinski definition) is 3. The van der Waals surface area contributed by atoms with E-state index in [1.807, 2.05) is 32.0 Å². The molecule has 1 aliphatic heterocycles. The highest BCUT2D eigenvalue weighted by molar-refractivity contribution is 5.99. The van der Waals surface area contributed by atoms with Crippen molar-refractivity contribution in [3.8, 4) is 0 Å². The molecule has 0 saturated carbocycles. The number of piperidine rings is 1. The molecule has 1 aliphatic rings. The van der Waals surface area contributed by atoms with Crippen molar-refractivity contribution >= 4 is 5.78 Å². The van der Waals surface area contributed by atoms with E-state index in [2.05, 4.69) is 4.90 Å². The second kappa shape index (κ2) is 5.63. The van der Waals surface area contributed by atoms with Gasteiger partial charge < -0.3 is 5.73 Å². The van der Waals surface area contributed by atoms with E-state index in [9.17, 15) is 4.79 Å². The molecule has 0 atom stereocenters. The smallest absolute Gasteiger partial charge is 0.177 e. The predicted octanol–water partition coefficient (Wildman–Crippen LogP) is 1.91. The second-order valence-electron chi connectivity index (χ2n) is 5.28. The fourth-order valence-corrected chi connectivity index (χ4v) is 2.45. The zero-order valence-corrected chi connectivity index (χ0v) is 11.3. The Bertz CT molecular complexity index is 434. The van der Waals surface area contributed by atoms with Crippen molar-refractivity contribution in [2.75, 3.05) is 19.6 Å². The number of benzene rings is 1. The van der Waals surface area contributed by atoms with Gasteiger partial charge >= 0.3 is 0 Å². The fraction of sp³-hybridized carbons (Fsp3) is 0.533. The minimum Gasteiger partial charge on any atom is -0.328 e. The van der Waals surface area contributed by atoms with Crippen LogP contribution in [0.25, 0.3) is 0 Å². The normalized spacial score (nSPS) is 17.9. The number of nitrogens with zero attached hydrogens (tertiary/aromatic N) is 1. The van der Waals surface area contributed by atoms with Gasteiger partial charge in [-0.25, -0.2) is 0 Å². The molecular weight excluding hydrogens is 224 g/mol. The van der Waals surface area contributed by atoms with E-state index in [0.717, 1.165) is 37.1 Å². The van der Waals surface area contributed by atoms with Crippen LogP contribution in [-0.2, 0) is 0 Å². The molecule has 0 amide bonds. The monoisotopic (exact) mass is 246 g/mol. The fourth-order valence-electron chi connectivity index (χ4n) is 2.45. The van der Waals surface area contributed by atoms with E-state index < -0.39 is 0 Å². The van der Waals surface area contributed by atoms with Gasteiger partial charge in [0.2, 0.25) is 0 Å². The molecule has 3 heteroatoms. The van der Waals surface area contributed by atoms with Crippen molar-refractivity contribution < 1.29 is 4.79 Å². The summed E-state index contributed by atoms with van der Waals surface area (Å²) in [7, 11) is 0. The molecule has 1 aromatic carbocycles. The van der Waals surface area contributed by atoms with Crippen molar-refractivity contribution in [1.82, 2.24) is 4.90 Å². The molecule has 1 fully saturated rings. The molecule has 0 aromatic heterocycles. The molecule has 1 saturated heterocycles. The van der Waals surface area contributed by atoms with Gasteiger partial charge in [-0.15, -0.1) is 0 Å². The van der Waals surface area contributed by atoms with Gasteiger partial charge in [0, 0.05) is 24.7 Å². The largest absolute Gasteiger partial charge is 0.328 e. The Kier molecular flexibility index (Phi) is 4.15. The molecule has 1 aromatic rings. The zero-order chi connectivity index (χ0) is 13.1. The van der Waals surface area contributed by atoms with Crippen molar-refractivity contribution in [2.45, 2.75) is 32.7 Å². The lowest BCUT2D eigenvalue weighted by molar-refractivity contribution is 0.0909. The van der Waals surface area contributed by atoms with E-state index >= 15 is 0 Å². The summed E-state index contributed by atoms with van der Waals surface area (Å²) < 4.78 is 0. The average molecular weight is 246 g/mol. The number of hydrogen-bond donors (Lipinski definition) is 1.